The Morgan fingerprint density at radius 3 is 2.65 bits per heavy atom. The molecule has 2 heterocycles. The molecule has 0 aromatic carbocycles. The fourth-order valence-electron chi connectivity index (χ4n) is 2.49. The van der Waals surface area contributed by atoms with Gasteiger partial charge in [-0.2, -0.15) is 0 Å². The van der Waals surface area contributed by atoms with Crippen LogP contribution in [0.15, 0.2) is 12.3 Å². The predicted molar refractivity (Wildman–Crippen MR) is 70.5 cm³/mol. The van der Waals surface area contributed by atoms with Gasteiger partial charge >= 0.3 is 0 Å². The van der Waals surface area contributed by atoms with E-state index in [1.165, 1.54) is 0 Å². The van der Waals surface area contributed by atoms with Crippen molar-refractivity contribution < 1.29 is 13.2 Å². The van der Waals surface area contributed by atoms with Crippen LogP contribution in [0.5, 0.6) is 0 Å². The third kappa shape index (κ3) is 2.07. The Labute approximate surface area is 118 Å². The van der Waals surface area contributed by atoms with Gasteiger partial charge in [-0.3, -0.25) is 0 Å². The predicted octanol–water partition coefficient (Wildman–Crippen LogP) is 3.82. The molecule has 1 fully saturated rings. The minimum atomic E-state index is -2.71. The van der Waals surface area contributed by atoms with E-state index in [0.717, 1.165) is 25.3 Å². The first-order chi connectivity index (χ1) is 9.49. The van der Waals surface area contributed by atoms with Crippen LogP contribution < -0.4 is 5.73 Å². The third-order valence-electron chi connectivity index (χ3n) is 3.85. The normalized spacial score (nSPS) is 17.7. The van der Waals surface area contributed by atoms with Crippen molar-refractivity contribution in [2.24, 2.45) is 5.73 Å². The van der Waals surface area contributed by atoms with Crippen LogP contribution in [-0.4, -0.2) is 16.0 Å². The minimum absolute atomic E-state index is 0.199. The van der Waals surface area contributed by atoms with Gasteiger partial charge in [0.15, 0.2) is 11.0 Å². The number of hydrogen-bond donors (Lipinski definition) is 1. The van der Waals surface area contributed by atoms with Gasteiger partial charge in [0.1, 0.15) is 5.65 Å². The highest BCUT2D eigenvalue weighted by molar-refractivity contribution is 6.29. The van der Waals surface area contributed by atoms with Crippen LogP contribution in [0.1, 0.15) is 36.9 Å². The van der Waals surface area contributed by atoms with Crippen molar-refractivity contribution in [3.05, 3.63) is 28.8 Å². The molecule has 20 heavy (non-hydrogen) atoms. The van der Waals surface area contributed by atoms with E-state index in [0.29, 0.717) is 11.0 Å². The molecule has 1 saturated carbocycles. The average Bonchev–Trinajstić information content (AvgIpc) is 2.66. The molecule has 0 amide bonds. The molecular formula is C13H13ClF3N3. The van der Waals surface area contributed by atoms with Crippen molar-refractivity contribution in [3.8, 4) is 0 Å². The van der Waals surface area contributed by atoms with Crippen LogP contribution in [0.3, 0.4) is 0 Å². The molecule has 0 unspecified atom stereocenters. The van der Waals surface area contributed by atoms with E-state index >= 15 is 0 Å². The summed E-state index contributed by atoms with van der Waals surface area (Å²) in [5.41, 5.74) is 6.15. The van der Waals surface area contributed by atoms with Gasteiger partial charge in [-0.05, 0) is 25.3 Å². The number of pyridine rings is 1. The van der Waals surface area contributed by atoms with Crippen molar-refractivity contribution >= 4 is 22.6 Å². The summed E-state index contributed by atoms with van der Waals surface area (Å²) in [6.07, 6.45) is 1.83. The van der Waals surface area contributed by atoms with Crippen LogP contribution in [0.2, 0.25) is 5.15 Å². The second kappa shape index (κ2) is 4.93. The van der Waals surface area contributed by atoms with Gasteiger partial charge in [0, 0.05) is 23.2 Å². The van der Waals surface area contributed by atoms with Crippen molar-refractivity contribution in [2.45, 2.75) is 37.8 Å². The second-order valence-corrected chi connectivity index (χ2v) is 5.43. The van der Waals surface area contributed by atoms with E-state index in [1.807, 2.05) is 0 Å². The number of halogens is 4. The summed E-state index contributed by atoms with van der Waals surface area (Å²) < 4.78 is 41.1. The van der Waals surface area contributed by atoms with Crippen LogP contribution >= 0.6 is 11.6 Å². The van der Waals surface area contributed by atoms with Gasteiger partial charge in [0.25, 0.3) is 6.43 Å². The Balaban J connectivity index is 2.21. The van der Waals surface area contributed by atoms with Gasteiger partial charge in [-0.15, -0.1) is 0 Å². The average molecular weight is 304 g/mol. The van der Waals surface area contributed by atoms with Gasteiger partial charge in [0.2, 0.25) is 0 Å². The fraction of sp³-hybridized carbons (Fsp3) is 0.462. The maximum Gasteiger partial charge on any atom is 0.257 e. The molecule has 3 rings (SSSR count). The molecule has 7 heteroatoms. The van der Waals surface area contributed by atoms with Crippen LogP contribution in [0.4, 0.5) is 13.2 Å². The summed E-state index contributed by atoms with van der Waals surface area (Å²) in [6, 6.07) is -0.122. The molecule has 0 aliphatic heterocycles. The zero-order valence-corrected chi connectivity index (χ0v) is 11.2. The lowest BCUT2D eigenvalue weighted by atomic mass is 9.93. The van der Waals surface area contributed by atoms with E-state index in [9.17, 15) is 13.2 Å². The number of aromatic nitrogens is 2. The SMILES string of the molecule is N[C@@H](c1cn(C2CCC2)c2nc(Cl)c(F)cc12)C(F)F. The summed E-state index contributed by atoms with van der Waals surface area (Å²) in [7, 11) is 0. The first-order valence-electron chi connectivity index (χ1n) is 6.39. The monoisotopic (exact) mass is 303 g/mol. The van der Waals surface area contributed by atoms with E-state index in [-0.39, 0.29) is 16.8 Å². The molecule has 1 aliphatic rings. The van der Waals surface area contributed by atoms with E-state index in [1.54, 1.807) is 10.8 Å². The van der Waals surface area contributed by atoms with Gasteiger partial charge in [-0.25, -0.2) is 18.2 Å². The lowest BCUT2D eigenvalue weighted by molar-refractivity contribution is 0.117. The van der Waals surface area contributed by atoms with Gasteiger partial charge in [0.05, 0.1) is 6.04 Å². The molecule has 2 aromatic rings. The van der Waals surface area contributed by atoms with Gasteiger partial charge < -0.3 is 10.3 Å². The Morgan fingerprint density at radius 1 is 1.40 bits per heavy atom. The Hall–Kier alpha value is -1.27. The number of alkyl halides is 2. The van der Waals surface area contributed by atoms with Crippen molar-refractivity contribution in [2.75, 3.05) is 0 Å². The zero-order chi connectivity index (χ0) is 14.4. The fourth-order valence-corrected chi connectivity index (χ4v) is 2.63. The molecule has 0 saturated heterocycles. The second-order valence-electron chi connectivity index (χ2n) is 5.07. The summed E-state index contributed by atoms with van der Waals surface area (Å²) in [6.45, 7) is 0. The maximum atomic E-state index is 13.6. The van der Waals surface area contributed by atoms with E-state index < -0.39 is 18.3 Å². The van der Waals surface area contributed by atoms with E-state index in [2.05, 4.69) is 4.98 Å². The zero-order valence-electron chi connectivity index (χ0n) is 10.5. The lowest BCUT2D eigenvalue weighted by Crippen LogP contribution is -2.19. The number of fused-ring (bicyclic) bond motifs is 1. The molecule has 2 aromatic heterocycles. The highest BCUT2D eigenvalue weighted by Crippen LogP contribution is 2.38. The molecule has 0 radical (unpaired) electrons. The quantitative estimate of drug-likeness (QED) is 0.876. The number of hydrogen-bond acceptors (Lipinski definition) is 2. The number of nitrogens with zero attached hydrogens (tertiary/aromatic N) is 2. The topological polar surface area (TPSA) is 43.8 Å². The number of rotatable bonds is 3. The highest BCUT2D eigenvalue weighted by atomic mass is 35.5. The summed E-state index contributed by atoms with van der Waals surface area (Å²) >= 11 is 5.70. The molecule has 1 aliphatic carbocycles. The van der Waals surface area contributed by atoms with Crippen molar-refractivity contribution in [1.29, 1.82) is 0 Å². The summed E-state index contributed by atoms with van der Waals surface area (Å²) in [5.74, 6) is -0.728. The van der Waals surface area contributed by atoms with Crippen molar-refractivity contribution in [3.63, 3.8) is 0 Å². The molecule has 108 valence electrons. The van der Waals surface area contributed by atoms with Crippen molar-refractivity contribution in [1.82, 2.24) is 9.55 Å². The number of nitrogens with two attached hydrogens (primary N) is 1. The molecule has 3 nitrogen and oxygen atoms in total. The van der Waals surface area contributed by atoms with Crippen LogP contribution in [0.25, 0.3) is 11.0 Å². The molecule has 0 bridgehead atoms. The Bertz CT molecular complexity index is 652. The first-order valence-corrected chi connectivity index (χ1v) is 6.77. The molecule has 1 atom stereocenters. The highest BCUT2D eigenvalue weighted by Gasteiger charge is 2.28. The third-order valence-corrected chi connectivity index (χ3v) is 4.11. The first kappa shape index (κ1) is 13.7. The molecule has 0 spiro atoms. The molecular weight excluding hydrogens is 291 g/mol. The van der Waals surface area contributed by atoms with Crippen LogP contribution in [-0.2, 0) is 0 Å². The maximum absolute atomic E-state index is 13.6. The standard InChI is InChI=1S/C13H13ClF3N3/c14-11-9(15)4-7-8(10(18)12(16)17)5-20(13(7)19-11)6-2-1-3-6/h4-6,10,12H,1-3,18H2/t10-/m0/s1. The van der Waals surface area contributed by atoms with E-state index in [4.69, 9.17) is 17.3 Å². The minimum Gasteiger partial charge on any atom is -0.329 e. The smallest absolute Gasteiger partial charge is 0.257 e. The largest absolute Gasteiger partial charge is 0.329 e. The summed E-state index contributed by atoms with van der Waals surface area (Å²) in [4.78, 5) is 3.99. The Kier molecular flexibility index (Phi) is 3.38. The Morgan fingerprint density at radius 2 is 2.10 bits per heavy atom. The van der Waals surface area contributed by atoms with Crippen LogP contribution in [0, 0.1) is 5.82 Å². The summed E-state index contributed by atoms with van der Waals surface area (Å²) in [5, 5.41) is 0.0555. The molecule has 2 N–H and O–H groups in total. The lowest BCUT2D eigenvalue weighted by Gasteiger charge is -2.27. The van der Waals surface area contributed by atoms with Gasteiger partial charge in [-0.1, -0.05) is 11.6 Å².